The summed E-state index contributed by atoms with van der Waals surface area (Å²) < 4.78 is 10.2. The number of benzene rings is 1. The molecule has 4 atom stereocenters. The molecule has 10 nitrogen and oxygen atoms in total. The lowest BCUT2D eigenvalue weighted by Crippen LogP contribution is -2.41. The molecule has 2 bridgehead atoms. The molecule has 8 rings (SSSR count). The van der Waals surface area contributed by atoms with Crippen molar-refractivity contribution in [3.05, 3.63) is 53.7 Å². The zero-order chi connectivity index (χ0) is 28.7. The van der Waals surface area contributed by atoms with Gasteiger partial charge in [0.1, 0.15) is 16.9 Å². The second kappa shape index (κ2) is 9.35. The number of piperidine rings is 1. The number of hydrogen-bond acceptors (Lipinski definition) is 6. The van der Waals surface area contributed by atoms with Crippen LogP contribution in [0.4, 0.5) is 0 Å². The minimum absolute atomic E-state index is 0.00775. The minimum Gasteiger partial charge on any atom is -0.494 e. The molecule has 0 radical (unpaired) electrons. The standard InChI is InChI=1S/C32H33N7O3/c1-37-29-23(11-21(13-26(29)42-2)32(41)39-16-20-6-9-24(39)28(20)33)36-31(37)25-12-18-5-8-22(19-7-10-27(40)34-14-19)35-30(18)38(25)15-17-3-4-17/h5,7-8,10-14,17,19-20,24,28H,3-4,6,9,15-16,33H2,1-2H3/t19?,20?,24?,28-/m1/s1. The monoisotopic (exact) mass is 563 g/mol. The van der Waals surface area contributed by atoms with E-state index in [1.807, 2.05) is 36.2 Å². The number of likely N-dealkylation sites (tertiary alicyclic amines) is 1. The lowest BCUT2D eigenvalue weighted by atomic mass is 10.0. The van der Waals surface area contributed by atoms with Crippen LogP contribution in [0.1, 0.15) is 47.7 Å². The molecule has 0 spiro atoms. The molecule has 2 amide bonds. The van der Waals surface area contributed by atoms with Gasteiger partial charge in [-0.15, -0.1) is 0 Å². The second-order valence-electron chi connectivity index (χ2n) is 12.2. The van der Waals surface area contributed by atoms with Crippen molar-refractivity contribution in [1.29, 1.82) is 0 Å². The third-order valence-corrected chi connectivity index (χ3v) is 9.60. The number of amides is 2. The van der Waals surface area contributed by atoms with Gasteiger partial charge in [-0.25, -0.2) is 15.0 Å². The average Bonchev–Trinajstić information content (AvgIpc) is 3.41. The average molecular weight is 564 g/mol. The molecule has 3 unspecified atom stereocenters. The number of aryl methyl sites for hydroxylation is 1. The molecule has 214 valence electrons. The number of aromatic nitrogens is 4. The van der Waals surface area contributed by atoms with Gasteiger partial charge in [0.2, 0.25) is 0 Å². The van der Waals surface area contributed by atoms with Crippen molar-refractivity contribution in [3.8, 4) is 17.3 Å². The van der Waals surface area contributed by atoms with Crippen LogP contribution in [0.15, 0.2) is 47.5 Å². The Kier molecular flexibility index (Phi) is 5.66. The number of ether oxygens (including phenoxy) is 1. The van der Waals surface area contributed by atoms with Crippen LogP contribution in [-0.4, -0.2) is 67.8 Å². The number of hydrogen-bond donors (Lipinski definition) is 1. The lowest BCUT2D eigenvalue weighted by Gasteiger charge is -2.27. The number of rotatable bonds is 6. The Balaban J connectivity index is 1.23. The highest BCUT2D eigenvalue weighted by molar-refractivity contribution is 6.01. The van der Waals surface area contributed by atoms with Crippen LogP contribution in [0.2, 0.25) is 0 Å². The van der Waals surface area contributed by atoms with Crippen LogP contribution < -0.4 is 10.5 Å². The Morgan fingerprint density at radius 2 is 1.98 bits per heavy atom. The van der Waals surface area contributed by atoms with E-state index < -0.39 is 0 Å². The summed E-state index contributed by atoms with van der Waals surface area (Å²) >= 11 is 0. The molecule has 1 saturated heterocycles. The molecule has 3 aromatic heterocycles. The maximum atomic E-state index is 13.7. The third-order valence-electron chi connectivity index (χ3n) is 9.60. The molecule has 42 heavy (non-hydrogen) atoms. The Hall–Kier alpha value is -4.31. The van der Waals surface area contributed by atoms with E-state index in [-0.39, 0.29) is 29.8 Å². The minimum atomic E-state index is -0.245. The maximum Gasteiger partial charge on any atom is 0.269 e. The molecule has 3 fully saturated rings. The van der Waals surface area contributed by atoms with E-state index in [9.17, 15) is 9.59 Å². The van der Waals surface area contributed by atoms with Gasteiger partial charge in [-0.1, -0.05) is 6.08 Å². The molecule has 4 aliphatic rings. The number of carbonyl (C=O) groups excluding carboxylic acids is 2. The first-order valence-corrected chi connectivity index (χ1v) is 14.8. The van der Waals surface area contributed by atoms with Gasteiger partial charge in [0, 0.05) is 55.5 Å². The predicted octanol–water partition coefficient (Wildman–Crippen LogP) is 3.82. The van der Waals surface area contributed by atoms with Crippen LogP contribution in [0, 0.1) is 11.8 Å². The summed E-state index contributed by atoms with van der Waals surface area (Å²) in [5, 5.41) is 1.03. The molecular weight excluding hydrogens is 530 g/mol. The number of aliphatic imine (C=N–C) groups is 1. The molecule has 2 aliphatic carbocycles. The fraction of sp³-hybridized carbons (Fsp3) is 0.406. The zero-order valence-corrected chi connectivity index (χ0v) is 23.7. The number of pyridine rings is 1. The summed E-state index contributed by atoms with van der Waals surface area (Å²) in [5.41, 5.74) is 11.3. The van der Waals surface area contributed by atoms with Crippen LogP contribution in [-0.2, 0) is 18.4 Å². The van der Waals surface area contributed by atoms with Crippen molar-refractivity contribution in [1.82, 2.24) is 24.0 Å². The van der Waals surface area contributed by atoms with E-state index in [0.29, 0.717) is 35.2 Å². The predicted molar refractivity (Wildman–Crippen MR) is 160 cm³/mol. The van der Waals surface area contributed by atoms with E-state index >= 15 is 0 Å². The number of nitrogens with two attached hydrogens (primary N) is 1. The third kappa shape index (κ3) is 3.92. The highest BCUT2D eigenvalue weighted by Crippen LogP contribution is 2.40. The first-order chi connectivity index (χ1) is 20.4. The molecule has 2 aliphatic heterocycles. The first kappa shape index (κ1) is 25.4. The van der Waals surface area contributed by atoms with E-state index in [0.717, 1.165) is 53.1 Å². The highest BCUT2D eigenvalue weighted by atomic mass is 16.5. The van der Waals surface area contributed by atoms with E-state index in [1.54, 1.807) is 13.3 Å². The van der Waals surface area contributed by atoms with Gasteiger partial charge < -0.3 is 24.5 Å². The van der Waals surface area contributed by atoms with Gasteiger partial charge in [-0.2, -0.15) is 0 Å². The molecule has 2 N–H and O–H groups in total. The number of carbonyl (C=O) groups is 2. The quantitative estimate of drug-likeness (QED) is 0.381. The lowest BCUT2D eigenvalue weighted by molar-refractivity contribution is -0.113. The van der Waals surface area contributed by atoms with Crippen molar-refractivity contribution in [2.45, 2.75) is 50.2 Å². The fourth-order valence-corrected chi connectivity index (χ4v) is 7.13. The van der Waals surface area contributed by atoms with E-state index in [4.69, 9.17) is 20.4 Å². The van der Waals surface area contributed by atoms with E-state index in [2.05, 4.69) is 26.3 Å². The smallest absolute Gasteiger partial charge is 0.269 e. The summed E-state index contributed by atoms with van der Waals surface area (Å²) in [5.74, 6) is 2.01. The second-order valence-corrected chi connectivity index (χ2v) is 12.2. The number of allylic oxidation sites excluding steroid dienone is 1. The normalized spacial score (nSPS) is 24.9. The number of methoxy groups -OCH3 is 1. The van der Waals surface area contributed by atoms with Gasteiger partial charge >= 0.3 is 0 Å². The van der Waals surface area contributed by atoms with E-state index in [1.165, 1.54) is 18.9 Å². The summed E-state index contributed by atoms with van der Waals surface area (Å²) in [6.45, 7) is 1.57. The number of imidazole rings is 1. The first-order valence-electron chi connectivity index (χ1n) is 14.8. The van der Waals surface area contributed by atoms with Crippen molar-refractivity contribution < 1.29 is 14.3 Å². The van der Waals surface area contributed by atoms with Crippen LogP contribution in [0.3, 0.4) is 0 Å². The molecular formula is C32H33N7O3. The van der Waals surface area contributed by atoms with Gasteiger partial charge in [-0.05, 0) is 67.9 Å². The van der Waals surface area contributed by atoms with Gasteiger partial charge in [-0.3, -0.25) is 9.59 Å². The SMILES string of the molecule is COc1cc(C(=O)N2CC3CCC2[C@@H]3N)cc2nc(-c3cc4ccc(C5C=CC(=O)N=C5)nc4n3CC3CC3)n(C)c12. The Morgan fingerprint density at radius 3 is 2.67 bits per heavy atom. The van der Waals surface area contributed by atoms with Gasteiger partial charge in [0.25, 0.3) is 11.8 Å². The Morgan fingerprint density at radius 1 is 1.12 bits per heavy atom. The van der Waals surface area contributed by atoms with Gasteiger partial charge in [0.15, 0.2) is 5.82 Å². The summed E-state index contributed by atoms with van der Waals surface area (Å²) in [6.07, 6.45) is 9.45. The fourth-order valence-electron chi connectivity index (χ4n) is 7.13. The number of nitrogens with zero attached hydrogens (tertiary/aromatic N) is 6. The zero-order valence-electron chi connectivity index (χ0n) is 23.7. The molecule has 2 saturated carbocycles. The molecule has 10 heteroatoms. The van der Waals surface area contributed by atoms with Crippen LogP contribution in [0.5, 0.6) is 5.75 Å². The van der Waals surface area contributed by atoms with Gasteiger partial charge in [0.05, 0.1) is 29.9 Å². The topological polar surface area (TPSA) is 121 Å². The summed E-state index contributed by atoms with van der Waals surface area (Å²) in [7, 11) is 3.63. The molecule has 5 heterocycles. The van der Waals surface area contributed by atoms with Crippen molar-refractivity contribution in [2.24, 2.45) is 29.6 Å². The maximum absolute atomic E-state index is 13.7. The Bertz CT molecular complexity index is 1830. The van der Waals surface area contributed by atoms with Crippen molar-refractivity contribution >= 4 is 40.1 Å². The summed E-state index contributed by atoms with van der Waals surface area (Å²) in [4.78, 5) is 41.3. The molecule has 1 aromatic carbocycles. The Labute approximate surface area is 242 Å². The van der Waals surface area contributed by atoms with Crippen LogP contribution in [0.25, 0.3) is 33.6 Å². The molecule has 4 aromatic rings. The largest absolute Gasteiger partial charge is 0.494 e. The van der Waals surface area contributed by atoms with Crippen molar-refractivity contribution in [2.75, 3.05) is 13.7 Å². The number of dihydropyridines is 1. The summed E-state index contributed by atoms with van der Waals surface area (Å²) in [6, 6.07) is 10.1. The number of fused-ring (bicyclic) bond motifs is 4. The van der Waals surface area contributed by atoms with Crippen molar-refractivity contribution in [3.63, 3.8) is 0 Å². The highest BCUT2D eigenvalue weighted by Gasteiger charge is 2.47. The van der Waals surface area contributed by atoms with Crippen LogP contribution >= 0.6 is 0 Å².